The molecule has 0 aromatic heterocycles. The molecular formula is C17H18ClF3N6O. The van der Waals surface area contributed by atoms with Crippen molar-refractivity contribution < 1.29 is 18.0 Å². The van der Waals surface area contributed by atoms with Gasteiger partial charge in [0.2, 0.25) is 0 Å². The third-order valence-corrected chi connectivity index (χ3v) is 4.84. The minimum absolute atomic E-state index is 0.176. The van der Waals surface area contributed by atoms with Gasteiger partial charge < -0.3 is 16.1 Å². The van der Waals surface area contributed by atoms with Crippen LogP contribution in [0.25, 0.3) is 0 Å². The van der Waals surface area contributed by atoms with Crippen molar-refractivity contribution in [2.45, 2.75) is 12.6 Å². The number of aliphatic imine (C=N–C) groups is 1. The summed E-state index contributed by atoms with van der Waals surface area (Å²) in [5.41, 5.74) is 11.7. The van der Waals surface area contributed by atoms with Crippen molar-refractivity contribution in [1.82, 2.24) is 20.9 Å². The summed E-state index contributed by atoms with van der Waals surface area (Å²) >= 11 is 5.89. The number of amides is 1. The molecule has 4 N–H and O–H groups in total. The fraction of sp³-hybridized carbons (Fsp3) is 0.294. The maximum atomic E-state index is 13.1. The predicted molar refractivity (Wildman–Crippen MR) is 98.8 cm³/mol. The van der Waals surface area contributed by atoms with Gasteiger partial charge in [-0.1, -0.05) is 17.7 Å². The van der Waals surface area contributed by atoms with Gasteiger partial charge in [0, 0.05) is 20.0 Å². The van der Waals surface area contributed by atoms with E-state index < -0.39 is 22.7 Å². The number of hydrogen-bond donors (Lipinski definition) is 3. The number of carbonyl (C=O) groups is 1. The van der Waals surface area contributed by atoms with Crippen molar-refractivity contribution in [3.63, 3.8) is 0 Å². The van der Waals surface area contributed by atoms with E-state index in [0.29, 0.717) is 24.5 Å². The summed E-state index contributed by atoms with van der Waals surface area (Å²) in [5.74, 6) is 0.00911. The Balaban J connectivity index is 1.83. The fourth-order valence-electron chi connectivity index (χ4n) is 3.09. The van der Waals surface area contributed by atoms with Gasteiger partial charge in [-0.05, 0) is 24.4 Å². The highest BCUT2D eigenvalue weighted by Crippen LogP contribution is 2.37. The van der Waals surface area contributed by atoms with E-state index in [2.05, 4.69) is 16.0 Å². The van der Waals surface area contributed by atoms with Crippen molar-refractivity contribution in [3.8, 4) is 0 Å². The molecular weight excluding hydrogens is 397 g/mol. The second-order valence-corrected chi connectivity index (χ2v) is 6.46. The van der Waals surface area contributed by atoms with Crippen LogP contribution in [0, 0.1) is 0 Å². The fourth-order valence-corrected chi connectivity index (χ4v) is 3.41. The van der Waals surface area contributed by atoms with E-state index in [0.717, 1.165) is 11.8 Å². The molecule has 0 saturated heterocycles. The van der Waals surface area contributed by atoms with Crippen LogP contribution in [0.4, 0.5) is 13.2 Å². The lowest BCUT2D eigenvalue weighted by molar-refractivity contribution is -0.137. The third-order valence-electron chi connectivity index (χ3n) is 4.43. The van der Waals surface area contributed by atoms with Crippen LogP contribution in [0.5, 0.6) is 0 Å². The zero-order valence-electron chi connectivity index (χ0n) is 14.8. The molecule has 150 valence electrons. The quantitative estimate of drug-likeness (QED) is 0.510. The minimum Gasteiger partial charge on any atom is -0.404 e. The van der Waals surface area contributed by atoms with Gasteiger partial charge in [0.25, 0.3) is 5.91 Å². The first-order valence-electron chi connectivity index (χ1n) is 8.31. The Labute approximate surface area is 164 Å². The lowest BCUT2D eigenvalue weighted by Crippen LogP contribution is -2.41. The van der Waals surface area contributed by atoms with E-state index in [-0.39, 0.29) is 12.1 Å². The molecule has 0 radical (unpaired) electrons. The average Bonchev–Trinajstić information content (AvgIpc) is 3.07. The highest BCUT2D eigenvalue weighted by atomic mass is 35.5. The van der Waals surface area contributed by atoms with Gasteiger partial charge >= 0.3 is 6.18 Å². The van der Waals surface area contributed by atoms with Crippen LogP contribution in [0.2, 0.25) is 5.02 Å². The molecule has 1 amide bonds. The van der Waals surface area contributed by atoms with E-state index in [9.17, 15) is 18.0 Å². The lowest BCUT2D eigenvalue weighted by atomic mass is 10.1. The zero-order valence-corrected chi connectivity index (χ0v) is 15.6. The molecule has 7 nitrogen and oxygen atoms in total. The van der Waals surface area contributed by atoms with Gasteiger partial charge in [-0.25, -0.2) is 5.01 Å². The van der Waals surface area contributed by atoms with Crippen LogP contribution in [0.3, 0.4) is 0 Å². The van der Waals surface area contributed by atoms with Gasteiger partial charge in [0.15, 0.2) is 0 Å². The number of hydrogen-bond acceptors (Lipinski definition) is 5. The summed E-state index contributed by atoms with van der Waals surface area (Å²) in [6, 6.07) is 3.33. The summed E-state index contributed by atoms with van der Waals surface area (Å²) in [4.78, 5) is 18.4. The first kappa shape index (κ1) is 20.0. The van der Waals surface area contributed by atoms with Crippen LogP contribution >= 0.6 is 11.6 Å². The number of benzene rings is 1. The average molecular weight is 415 g/mol. The van der Waals surface area contributed by atoms with Crippen LogP contribution in [0.1, 0.15) is 22.3 Å². The number of nitrogens with zero attached hydrogens (tertiary/aromatic N) is 3. The molecule has 0 aliphatic carbocycles. The number of rotatable bonds is 2. The molecule has 0 atom stereocenters. The Hall–Kier alpha value is -2.72. The summed E-state index contributed by atoms with van der Waals surface area (Å²) in [6.07, 6.45) is -1.19. The van der Waals surface area contributed by atoms with Gasteiger partial charge in [-0.15, -0.1) is 5.53 Å². The largest absolute Gasteiger partial charge is 0.417 e. The van der Waals surface area contributed by atoms with Crippen molar-refractivity contribution in [2.24, 2.45) is 10.7 Å². The normalized spacial score (nSPS) is 18.0. The number of halogens is 4. The first-order valence-corrected chi connectivity index (χ1v) is 8.69. The molecule has 2 aliphatic heterocycles. The Morgan fingerprint density at radius 3 is 2.79 bits per heavy atom. The van der Waals surface area contributed by atoms with Crippen LogP contribution in [0.15, 0.2) is 46.9 Å². The third kappa shape index (κ3) is 3.65. The number of amidine groups is 1. The Kier molecular flexibility index (Phi) is 5.52. The van der Waals surface area contributed by atoms with Crippen LogP contribution < -0.4 is 16.7 Å². The maximum absolute atomic E-state index is 13.1. The predicted octanol–water partition coefficient (Wildman–Crippen LogP) is 2.24. The van der Waals surface area contributed by atoms with Gasteiger partial charge in [-0.2, -0.15) is 13.2 Å². The molecule has 11 heteroatoms. The van der Waals surface area contributed by atoms with E-state index >= 15 is 0 Å². The highest BCUT2D eigenvalue weighted by Gasteiger charge is 2.36. The SMILES string of the molecule is CN=C(C=CN)N1NNC2=C1CCN(C(=O)c1cccc(C(F)(F)F)c1Cl)C2. The highest BCUT2D eigenvalue weighted by molar-refractivity contribution is 6.34. The molecule has 0 unspecified atom stereocenters. The van der Waals surface area contributed by atoms with Crippen molar-refractivity contribution >= 4 is 23.3 Å². The van der Waals surface area contributed by atoms with Crippen molar-refractivity contribution in [2.75, 3.05) is 20.1 Å². The monoisotopic (exact) mass is 414 g/mol. The number of nitrogens with one attached hydrogen (secondary N) is 2. The molecule has 28 heavy (non-hydrogen) atoms. The molecule has 2 aliphatic rings. The Bertz CT molecular complexity index is 880. The Morgan fingerprint density at radius 2 is 2.14 bits per heavy atom. The summed E-state index contributed by atoms with van der Waals surface area (Å²) < 4.78 is 39.2. The van der Waals surface area contributed by atoms with Crippen LogP contribution in [-0.2, 0) is 6.18 Å². The van der Waals surface area contributed by atoms with Crippen molar-refractivity contribution in [1.29, 1.82) is 0 Å². The number of alkyl halides is 3. The maximum Gasteiger partial charge on any atom is 0.417 e. The zero-order chi connectivity index (χ0) is 20.5. The standard InChI is InChI=1S/C17H18ClF3N6O/c1-23-14(5-7-22)27-13-6-8-26(9-12(13)24-25-27)16(28)10-3-2-4-11(15(10)18)17(19,20)21/h2-5,7,24-25H,6,8-9,22H2,1H3. The number of carbonyl (C=O) groups excluding carboxylic acids is 1. The second-order valence-electron chi connectivity index (χ2n) is 6.08. The smallest absolute Gasteiger partial charge is 0.404 e. The minimum atomic E-state index is -4.63. The van der Waals surface area contributed by atoms with Crippen LogP contribution in [-0.4, -0.2) is 41.8 Å². The molecule has 2 heterocycles. The lowest BCUT2D eigenvalue weighted by Gasteiger charge is -2.29. The molecule has 0 saturated carbocycles. The molecule has 0 fully saturated rings. The summed E-state index contributed by atoms with van der Waals surface area (Å²) in [5, 5.41) is 1.12. The van der Waals surface area contributed by atoms with E-state index in [4.69, 9.17) is 17.3 Å². The van der Waals surface area contributed by atoms with Gasteiger partial charge in [0.05, 0.1) is 34.1 Å². The summed E-state index contributed by atoms with van der Waals surface area (Å²) in [6.45, 7) is 0.501. The second kappa shape index (κ2) is 7.72. The molecule has 1 aromatic carbocycles. The van der Waals surface area contributed by atoms with E-state index in [1.54, 1.807) is 18.1 Å². The first-order chi connectivity index (χ1) is 13.3. The molecule has 0 spiro atoms. The molecule has 1 aromatic rings. The molecule has 0 bridgehead atoms. The molecule has 3 rings (SSSR count). The van der Waals surface area contributed by atoms with E-state index in [1.165, 1.54) is 23.2 Å². The van der Waals surface area contributed by atoms with E-state index in [1.807, 2.05) is 0 Å². The topological polar surface area (TPSA) is 86.0 Å². The summed E-state index contributed by atoms with van der Waals surface area (Å²) in [7, 11) is 1.61. The van der Waals surface area contributed by atoms with Crippen molar-refractivity contribution in [3.05, 3.63) is 58.0 Å². The Morgan fingerprint density at radius 1 is 1.39 bits per heavy atom. The van der Waals surface area contributed by atoms with Gasteiger partial charge in [0.1, 0.15) is 5.84 Å². The number of hydrazine groups is 2. The number of nitrogens with two attached hydrogens (primary N) is 1. The van der Waals surface area contributed by atoms with Gasteiger partial charge in [-0.3, -0.25) is 9.79 Å².